The third-order valence-electron chi connectivity index (χ3n) is 3.26. The highest BCUT2D eigenvalue weighted by Crippen LogP contribution is 2.11. The molecule has 0 aliphatic rings. The van der Waals surface area contributed by atoms with Crippen molar-refractivity contribution in [3.8, 4) is 0 Å². The molecule has 0 saturated carbocycles. The van der Waals surface area contributed by atoms with Crippen LogP contribution >= 0.6 is 11.6 Å². The van der Waals surface area contributed by atoms with E-state index in [9.17, 15) is 9.18 Å². The maximum Gasteiger partial charge on any atom is 0.260 e. The van der Waals surface area contributed by atoms with Gasteiger partial charge in [-0.1, -0.05) is 23.7 Å². The molecule has 0 amide bonds. The number of fused-ring (bicyclic) bond motifs is 1. The molecule has 1 N–H and O–H groups in total. The third-order valence-corrected chi connectivity index (χ3v) is 3.47. The Kier molecular flexibility index (Phi) is 4.64. The predicted molar refractivity (Wildman–Crippen MR) is 84.9 cm³/mol. The van der Waals surface area contributed by atoms with Gasteiger partial charge in [-0.15, -0.1) is 0 Å². The Morgan fingerprint density at radius 2 is 2.04 bits per heavy atom. The fourth-order valence-corrected chi connectivity index (χ4v) is 2.28. The fraction of sp³-hybridized carbons (Fsp3) is 0.188. The summed E-state index contributed by atoms with van der Waals surface area (Å²) < 4.78 is 18.3. The van der Waals surface area contributed by atoms with E-state index in [0.29, 0.717) is 34.9 Å². The Morgan fingerprint density at radius 3 is 2.83 bits per heavy atom. The van der Waals surface area contributed by atoms with Crippen molar-refractivity contribution in [2.75, 3.05) is 6.61 Å². The van der Waals surface area contributed by atoms with Crippen molar-refractivity contribution >= 4 is 22.6 Å². The molecule has 0 unspecified atom stereocenters. The van der Waals surface area contributed by atoms with Crippen LogP contribution in [0.1, 0.15) is 11.4 Å². The first-order chi connectivity index (χ1) is 11.1. The van der Waals surface area contributed by atoms with Crippen molar-refractivity contribution < 1.29 is 9.13 Å². The molecule has 23 heavy (non-hydrogen) atoms. The number of rotatable bonds is 5. The summed E-state index contributed by atoms with van der Waals surface area (Å²) in [6.07, 6.45) is 2.08. The largest absolute Gasteiger partial charge is 0.373 e. The van der Waals surface area contributed by atoms with Crippen molar-refractivity contribution in [2.24, 2.45) is 0 Å². The average Bonchev–Trinajstić information content (AvgIpc) is 2.54. The Labute approximate surface area is 136 Å². The van der Waals surface area contributed by atoms with Gasteiger partial charge in [-0.25, -0.2) is 14.4 Å². The summed E-state index contributed by atoms with van der Waals surface area (Å²) in [4.78, 5) is 22.9. The van der Waals surface area contributed by atoms with Gasteiger partial charge in [0.2, 0.25) is 0 Å². The van der Waals surface area contributed by atoms with Crippen LogP contribution in [-0.4, -0.2) is 21.6 Å². The second-order valence-electron chi connectivity index (χ2n) is 4.97. The Balaban J connectivity index is 1.62. The molecule has 3 rings (SSSR count). The van der Waals surface area contributed by atoms with Crippen LogP contribution in [0.15, 0.2) is 41.3 Å². The zero-order chi connectivity index (χ0) is 16.2. The van der Waals surface area contributed by atoms with Gasteiger partial charge in [-0.3, -0.25) is 4.79 Å². The molecule has 2 aromatic heterocycles. The predicted octanol–water partition coefficient (Wildman–Crippen LogP) is 2.87. The van der Waals surface area contributed by atoms with E-state index in [1.54, 1.807) is 12.1 Å². The van der Waals surface area contributed by atoms with Crippen LogP contribution < -0.4 is 5.56 Å². The van der Waals surface area contributed by atoms with Crippen LogP contribution in [0.3, 0.4) is 0 Å². The first-order valence-electron chi connectivity index (χ1n) is 6.98. The Morgan fingerprint density at radius 1 is 1.26 bits per heavy atom. The van der Waals surface area contributed by atoms with E-state index in [0.717, 1.165) is 5.56 Å². The van der Waals surface area contributed by atoms with Gasteiger partial charge in [0.05, 0.1) is 17.0 Å². The number of benzene rings is 1. The summed E-state index contributed by atoms with van der Waals surface area (Å²) in [6.45, 7) is 0.595. The number of H-pyrrole nitrogens is 1. The zero-order valence-corrected chi connectivity index (χ0v) is 12.8. The van der Waals surface area contributed by atoms with E-state index >= 15 is 0 Å². The molecule has 118 valence electrons. The monoisotopic (exact) mass is 333 g/mol. The minimum atomic E-state index is -0.304. The average molecular weight is 334 g/mol. The second kappa shape index (κ2) is 6.85. The van der Waals surface area contributed by atoms with Crippen molar-refractivity contribution in [3.05, 3.63) is 69.1 Å². The molecule has 5 nitrogen and oxygen atoms in total. The summed E-state index contributed by atoms with van der Waals surface area (Å²) in [5.41, 5.74) is 1.00. The highest BCUT2D eigenvalue weighted by molar-refractivity contribution is 6.31. The van der Waals surface area contributed by atoms with Crippen LogP contribution in [0.2, 0.25) is 5.02 Å². The molecule has 0 saturated heterocycles. The number of aromatic nitrogens is 3. The molecule has 7 heteroatoms. The van der Waals surface area contributed by atoms with Gasteiger partial charge < -0.3 is 9.72 Å². The SMILES string of the molecule is O=c1[nH]c(COCCc2ccc(F)cc2)nc2ncc(Cl)cc12. The minimum absolute atomic E-state index is 0.163. The molecule has 0 aliphatic heterocycles. The first kappa shape index (κ1) is 15.6. The van der Waals surface area contributed by atoms with Crippen LogP contribution in [0.25, 0.3) is 11.0 Å². The lowest BCUT2D eigenvalue weighted by Crippen LogP contribution is -2.14. The smallest absolute Gasteiger partial charge is 0.260 e. The lowest BCUT2D eigenvalue weighted by molar-refractivity contribution is 0.118. The summed E-state index contributed by atoms with van der Waals surface area (Å²) in [6, 6.07) is 7.77. The van der Waals surface area contributed by atoms with E-state index in [1.165, 1.54) is 24.4 Å². The topological polar surface area (TPSA) is 67.9 Å². The van der Waals surface area contributed by atoms with Crippen molar-refractivity contribution in [1.82, 2.24) is 15.0 Å². The molecule has 3 aromatic rings. The molecule has 0 atom stereocenters. The van der Waals surface area contributed by atoms with E-state index in [-0.39, 0.29) is 18.0 Å². The number of hydrogen-bond donors (Lipinski definition) is 1. The first-order valence-corrected chi connectivity index (χ1v) is 7.36. The number of hydrogen-bond acceptors (Lipinski definition) is 4. The molecule has 2 heterocycles. The highest BCUT2D eigenvalue weighted by atomic mass is 35.5. The Bertz CT molecular complexity index is 881. The van der Waals surface area contributed by atoms with Crippen LogP contribution in [-0.2, 0) is 17.8 Å². The summed E-state index contributed by atoms with van der Waals surface area (Å²) in [7, 11) is 0. The molecule has 0 fully saturated rings. The van der Waals surface area contributed by atoms with Crippen LogP contribution in [0, 0.1) is 5.82 Å². The minimum Gasteiger partial charge on any atom is -0.373 e. The lowest BCUT2D eigenvalue weighted by atomic mass is 10.2. The normalized spacial score (nSPS) is 11.0. The van der Waals surface area contributed by atoms with Crippen molar-refractivity contribution in [1.29, 1.82) is 0 Å². The van der Waals surface area contributed by atoms with Crippen molar-refractivity contribution in [3.63, 3.8) is 0 Å². The number of halogens is 2. The molecule has 0 spiro atoms. The molecule has 0 radical (unpaired) electrons. The molecule has 0 bridgehead atoms. The van der Waals surface area contributed by atoms with Crippen molar-refractivity contribution in [2.45, 2.75) is 13.0 Å². The summed E-state index contributed by atoms with van der Waals surface area (Å²) in [5, 5.41) is 0.723. The molecular formula is C16H13ClFN3O2. The van der Waals surface area contributed by atoms with Gasteiger partial charge in [0.15, 0.2) is 5.65 Å². The maximum atomic E-state index is 12.8. The standard InChI is InChI=1S/C16H13ClFN3O2/c17-11-7-13-15(19-8-11)20-14(21-16(13)22)9-23-6-5-10-1-3-12(18)4-2-10/h1-4,7-8H,5-6,9H2,(H,19,20,21,22). The van der Waals surface area contributed by atoms with Gasteiger partial charge in [0.25, 0.3) is 5.56 Å². The maximum absolute atomic E-state index is 12.8. The van der Waals surface area contributed by atoms with E-state index in [2.05, 4.69) is 15.0 Å². The van der Waals surface area contributed by atoms with Crippen LogP contribution in [0.4, 0.5) is 4.39 Å². The Hall–Kier alpha value is -2.31. The van der Waals surface area contributed by atoms with Gasteiger partial charge in [-0.2, -0.15) is 0 Å². The van der Waals surface area contributed by atoms with E-state index < -0.39 is 0 Å². The summed E-state index contributed by atoms with van der Waals surface area (Å²) >= 11 is 5.81. The fourth-order valence-electron chi connectivity index (χ4n) is 2.12. The number of ether oxygens (including phenoxy) is 1. The van der Waals surface area contributed by atoms with E-state index in [4.69, 9.17) is 16.3 Å². The van der Waals surface area contributed by atoms with Gasteiger partial charge >= 0.3 is 0 Å². The summed E-state index contributed by atoms with van der Waals surface area (Å²) in [5.74, 6) is 0.136. The third kappa shape index (κ3) is 3.91. The van der Waals surface area contributed by atoms with Gasteiger partial charge in [0.1, 0.15) is 18.2 Å². The quantitative estimate of drug-likeness (QED) is 0.729. The molecule has 1 aromatic carbocycles. The molecule has 0 aliphatic carbocycles. The second-order valence-corrected chi connectivity index (χ2v) is 5.40. The van der Waals surface area contributed by atoms with Crippen LogP contribution in [0.5, 0.6) is 0 Å². The molecular weight excluding hydrogens is 321 g/mol. The number of nitrogens with one attached hydrogen (secondary N) is 1. The van der Waals surface area contributed by atoms with E-state index in [1.807, 2.05) is 0 Å². The van der Waals surface area contributed by atoms with Gasteiger partial charge in [-0.05, 0) is 30.2 Å². The number of nitrogens with zero attached hydrogens (tertiary/aromatic N) is 2. The van der Waals surface area contributed by atoms with Gasteiger partial charge in [0, 0.05) is 6.20 Å². The lowest BCUT2D eigenvalue weighted by Gasteiger charge is -2.05. The number of aromatic amines is 1. The highest BCUT2D eigenvalue weighted by Gasteiger charge is 2.06. The number of pyridine rings is 1. The zero-order valence-electron chi connectivity index (χ0n) is 12.1.